The third-order valence-electron chi connectivity index (χ3n) is 6.34. The van der Waals surface area contributed by atoms with Crippen LogP contribution in [0.2, 0.25) is 0 Å². The number of carbonyl (C=O) groups is 1. The minimum absolute atomic E-state index is 0.0183. The molecule has 4 rings (SSSR count). The van der Waals surface area contributed by atoms with E-state index in [1.807, 2.05) is 37.3 Å². The maximum Gasteiger partial charge on any atom is 0.223 e. The number of nitrogens with zero attached hydrogens (tertiary/aromatic N) is 1. The third-order valence-corrected chi connectivity index (χ3v) is 8.19. The Morgan fingerprint density at radius 3 is 2.60 bits per heavy atom. The number of hydrogen-bond acceptors (Lipinski definition) is 3. The quantitative estimate of drug-likeness (QED) is 0.792. The van der Waals surface area contributed by atoms with Gasteiger partial charge >= 0.3 is 0 Å². The van der Waals surface area contributed by atoms with E-state index in [9.17, 15) is 13.2 Å². The van der Waals surface area contributed by atoms with Crippen molar-refractivity contribution in [2.75, 3.05) is 13.1 Å². The predicted molar refractivity (Wildman–Crippen MR) is 118 cm³/mol. The molecule has 160 valence electrons. The van der Waals surface area contributed by atoms with Crippen molar-refractivity contribution in [3.05, 3.63) is 70.8 Å². The summed E-state index contributed by atoms with van der Waals surface area (Å²) >= 11 is 0. The number of sulfonamides is 1. The molecule has 1 amide bonds. The molecule has 0 unspecified atom stereocenters. The van der Waals surface area contributed by atoms with Gasteiger partial charge in [-0.3, -0.25) is 4.79 Å². The average molecular weight is 427 g/mol. The van der Waals surface area contributed by atoms with Gasteiger partial charge in [-0.1, -0.05) is 54.1 Å². The van der Waals surface area contributed by atoms with Gasteiger partial charge < -0.3 is 5.32 Å². The fourth-order valence-corrected chi connectivity index (χ4v) is 6.24. The minimum Gasteiger partial charge on any atom is -0.349 e. The number of nitrogens with one attached hydrogen (secondary N) is 1. The Kier molecular flexibility index (Phi) is 6.25. The molecule has 6 heteroatoms. The predicted octanol–water partition coefficient (Wildman–Crippen LogP) is 3.73. The van der Waals surface area contributed by atoms with Crippen LogP contribution < -0.4 is 5.32 Å². The van der Waals surface area contributed by atoms with E-state index in [0.29, 0.717) is 25.9 Å². The molecule has 30 heavy (non-hydrogen) atoms. The lowest BCUT2D eigenvalue weighted by Gasteiger charge is -2.32. The number of hydrogen-bond donors (Lipinski definition) is 1. The van der Waals surface area contributed by atoms with Crippen molar-refractivity contribution >= 4 is 15.9 Å². The maximum absolute atomic E-state index is 12.9. The minimum atomic E-state index is -3.37. The van der Waals surface area contributed by atoms with E-state index >= 15 is 0 Å². The lowest BCUT2D eigenvalue weighted by Crippen LogP contribution is -2.44. The first-order chi connectivity index (χ1) is 14.4. The lowest BCUT2D eigenvalue weighted by molar-refractivity contribution is -0.127. The number of benzene rings is 2. The van der Waals surface area contributed by atoms with Gasteiger partial charge in [-0.2, -0.15) is 0 Å². The Hall–Kier alpha value is -2.18. The van der Waals surface area contributed by atoms with Gasteiger partial charge in [0.25, 0.3) is 0 Å². The summed E-state index contributed by atoms with van der Waals surface area (Å²) in [5.41, 5.74) is 4.43. The normalized spacial score (nSPS) is 20.5. The first-order valence-corrected chi connectivity index (χ1v) is 12.4. The van der Waals surface area contributed by atoms with E-state index in [0.717, 1.165) is 30.4 Å². The summed E-state index contributed by atoms with van der Waals surface area (Å²) in [4.78, 5) is 12.9. The molecule has 2 aromatic rings. The Morgan fingerprint density at radius 2 is 1.83 bits per heavy atom. The van der Waals surface area contributed by atoms with Gasteiger partial charge in [-0.15, -0.1) is 0 Å². The molecule has 1 N–H and O–H groups in total. The number of aryl methyl sites for hydroxylation is 2. The summed E-state index contributed by atoms with van der Waals surface area (Å²) in [6, 6.07) is 16.0. The topological polar surface area (TPSA) is 66.5 Å². The second-order valence-electron chi connectivity index (χ2n) is 8.57. The molecule has 1 atom stereocenters. The van der Waals surface area contributed by atoms with E-state index in [-0.39, 0.29) is 23.6 Å². The first kappa shape index (κ1) is 21.1. The van der Waals surface area contributed by atoms with Gasteiger partial charge in [0.05, 0.1) is 11.8 Å². The summed E-state index contributed by atoms with van der Waals surface area (Å²) in [7, 11) is -3.37. The van der Waals surface area contributed by atoms with Gasteiger partial charge in [0.2, 0.25) is 15.9 Å². The van der Waals surface area contributed by atoms with Crippen molar-refractivity contribution < 1.29 is 13.2 Å². The summed E-state index contributed by atoms with van der Waals surface area (Å²) in [6.07, 6.45) is 4.27. The van der Waals surface area contributed by atoms with Gasteiger partial charge in [-0.25, -0.2) is 12.7 Å². The second kappa shape index (κ2) is 8.90. The van der Waals surface area contributed by atoms with Crippen LogP contribution in [-0.2, 0) is 27.0 Å². The molecule has 1 fully saturated rings. The molecule has 1 saturated heterocycles. The largest absolute Gasteiger partial charge is 0.349 e. The van der Waals surface area contributed by atoms with Gasteiger partial charge in [0.1, 0.15) is 0 Å². The van der Waals surface area contributed by atoms with Crippen LogP contribution in [0.1, 0.15) is 54.0 Å². The summed E-state index contributed by atoms with van der Waals surface area (Å²) in [6.45, 7) is 2.78. The van der Waals surface area contributed by atoms with Crippen molar-refractivity contribution in [3.8, 4) is 0 Å². The molecular weight excluding hydrogens is 396 g/mol. The van der Waals surface area contributed by atoms with E-state index < -0.39 is 10.0 Å². The highest BCUT2D eigenvalue weighted by Gasteiger charge is 2.32. The fourth-order valence-electron chi connectivity index (χ4n) is 4.69. The van der Waals surface area contributed by atoms with Crippen molar-refractivity contribution in [2.45, 2.75) is 50.8 Å². The van der Waals surface area contributed by atoms with E-state index in [2.05, 4.69) is 23.5 Å². The average Bonchev–Trinajstić information content (AvgIpc) is 2.74. The second-order valence-corrected chi connectivity index (χ2v) is 10.5. The highest BCUT2D eigenvalue weighted by molar-refractivity contribution is 7.88. The molecule has 0 radical (unpaired) electrons. The monoisotopic (exact) mass is 426 g/mol. The number of carbonyl (C=O) groups excluding carboxylic acids is 1. The summed E-state index contributed by atoms with van der Waals surface area (Å²) in [5.74, 6) is -0.0401. The molecule has 1 aliphatic carbocycles. The summed E-state index contributed by atoms with van der Waals surface area (Å²) in [5, 5.41) is 3.24. The first-order valence-electron chi connectivity index (χ1n) is 10.8. The lowest BCUT2D eigenvalue weighted by atomic mass is 9.87. The fraction of sp³-hybridized carbons (Fsp3) is 0.458. The molecule has 0 saturated carbocycles. The number of amides is 1. The molecule has 2 aromatic carbocycles. The van der Waals surface area contributed by atoms with Crippen molar-refractivity contribution in [1.82, 2.24) is 9.62 Å². The van der Waals surface area contributed by atoms with Crippen LogP contribution in [0.3, 0.4) is 0 Å². The van der Waals surface area contributed by atoms with Crippen LogP contribution in [0.15, 0.2) is 48.5 Å². The van der Waals surface area contributed by atoms with Gasteiger partial charge in [0.15, 0.2) is 0 Å². The highest BCUT2D eigenvalue weighted by atomic mass is 32.2. The molecule has 1 heterocycles. The Morgan fingerprint density at radius 1 is 1.07 bits per heavy atom. The Balaban J connectivity index is 1.34. The smallest absolute Gasteiger partial charge is 0.223 e. The number of rotatable bonds is 5. The molecule has 1 aliphatic heterocycles. The molecule has 5 nitrogen and oxygen atoms in total. The summed E-state index contributed by atoms with van der Waals surface area (Å²) < 4.78 is 27.2. The zero-order valence-electron chi connectivity index (χ0n) is 17.5. The van der Waals surface area contributed by atoms with Gasteiger partial charge in [-0.05, 0) is 55.7 Å². The van der Waals surface area contributed by atoms with E-state index in [1.165, 1.54) is 11.1 Å². The molecule has 0 spiro atoms. The molecular formula is C24H30N2O3S. The third kappa shape index (κ3) is 4.76. The van der Waals surface area contributed by atoms with Crippen LogP contribution in [0.5, 0.6) is 0 Å². The number of piperidine rings is 1. The van der Waals surface area contributed by atoms with Crippen LogP contribution in [0, 0.1) is 12.8 Å². The van der Waals surface area contributed by atoms with Crippen molar-refractivity contribution in [1.29, 1.82) is 0 Å². The van der Waals surface area contributed by atoms with Crippen molar-refractivity contribution in [3.63, 3.8) is 0 Å². The highest BCUT2D eigenvalue weighted by Crippen LogP contribution is 2.30. The SMILES string of the molecule is Cc1cccc(CS(=O)(=O)N2CCC(C(=O)N[C@H]3CCCc4ccccc43)CC2)c1. The molecule has 0 bridgehead atoms. The maximum atomic E-state index is 12.9. The van der Waals surface area contributed by atoms with Crippen LogP contribution in [0.25, 0.3) is 0 Å². The van der Waals surface area contributed by atoms with Crippen molar-refractivity contribution in [2.24, 2.45) is 5.92 Å². The van der Waals surface area contributed by atoms with Crippen LogP contribution >= 0.6 is 0 Å². The zero-order valence-corrected chi connectivity index (χ0v) is 18.3. The molecule has 2 aliphatic rings. The van der Waals surface area contributed by atoms with Crippen LogP contribution in [0.4, 0.5) is 0 Å². The van der Waals surface area contributed by atoms with E-state index in [4.69, 9.17) is 0 Å². The van der Waals surface area contributed by atoms with Gasteiger partial charge in [0, 0.05) is 19.0 Å². The number of fused-ring (bicyclic) bond motifs is 1. The standard InChI is InChI=1S/C24H30N2O3S/c1-18-6-4-7-19(16-18)17-30(28,29)26-14-12-21(13-15-26)24(27)25-23-11-5-9-20-8-2-3-10-22(20)23/h2-4,6-8,10,16,21,23H,5,9,11-15,17H2,1H3,(H,25,27)/t23-/m0/s1. The Labute approximate surface area is 179 Å². The van der Waals surface area contributed by atoms with Crippen LogP contribution in [-0.4, -0.2) is 31.7 Å². The molecule has 0 aromatic heterocycles. The van der Waals surface area contributed by atoms with E-state index in [1.54, 1.807) is 4.31 Å². The Bertz CT molecular complexity index is 1010. The zero-order chi connectivity index (χ0) is 21.1.